The van der Waals surface area contributed by atoms with Crippen molar-refractivity contribution in [2.45, 2.75) is 25.8 Å². The topological polar surface area (TPSA) is 37.4 Å². The Morgan fingerprint density at radius 1 is 1.33 bits per heavy atom. The van der Waals surface area contributed by atoms with E-state index in [4.69, 9.17) is 23.2 Å². The maximum absolute atomic E-state index is 12.4. The molecule has 0 saturated carbocycles. The second kappa shape index (κ2) is 4.56. The molecule has 3 nitrogen and oxygen atoms in total. The van der Waals surface area contributed by atoms with Gasteiger partial charge in [0.25, 0.3) is 5.91 Å². The van der Waals surface area contributed by atoms with Crippen molar-refractivity contribution in [1.29, 1.82) is 0 Å². The van der Waals surface area contributed by atoms with Crippen LogP contribution in [0.4, 0.5) is 0 Å². The number of halogens is 2. The lowest BCUT2D eigenvalue weighted by atomic mass is 10.00. The van der Waals surface area contributed by atoms with Crippen LogP contribution in [0.3, 0.4) is 0 Å². The summed E-state index contributed by atoms with van der Waals surface area (Å²) in [6.45, 7) is 3.92. The molecule has 0 aromatic heterocycles. The molecular formula is C13H13Cl2NO2. The van der Waals surface area contributed by atoms with Crippen molar-refractivity contribution < 1.29 is 9.59 Å². The molecule has 1 aliphatic rings. The van der Waals surface area contributed by atoms with Crippen LogP contribution in [0.5, 0.6) is 0 Å². The zero-order valence-corrected chi connectivity index (χ0v) is 11.7. The third-order valence-electron chi connectivity index (χ3n) is 3.32. The average Bonchev–Trinajstić information content (AvgIpc) is 2.57. The molecule has 1 saturated heterocycles. The van der Waals surface area contributed by atoms with Crippen LogP contribution >= 0.6 is 23.2 Å². The van der Waals surface area contributed by atoms with E-state index in [2.05, 4.69) is 0 Å². The van der Waals surface area contributed by atoms with Gasteiger partial charge in [-0.05, 0) is 32.0 Å². The molecule has 0 spiro atoms. The van der Waals surface area contributed by atoms with E-state index < -0.39 is 5.54 Å². The first-order chi connectivity index (χ1) is 8.34. The number of hydrogen-bond acceptors (Lipinski definition) is 2. The highest BCUT2D eigenvalue weighted by Gasteiger charge is 2.43. The van der Waals surface area contributed by atoms with Crippen LogP contribution in [0.1, 0.15) is 30.6 Å². The number of nitrogens with zero attached hydrogens (tertiary/aromatic N) is 1. The summed E-state index contributed by atoms with van der Waals surface area (Å²) in [5.41, 5.74) is -0.435. The molecule has 1 heterocycles. The summed E-state index contributed by atoms with van der Waals surface area (Å²) < 4.78 is 0. The molecule has 0 bridgehead atoms. The van der Waals surface area contributed by atoms with Gasteiger partial charge in [-0.2, -0.15) is 0 Å². The van der Waals surface area contributed by atoms with Crippen molar-refractivity contribution >= 4 is 34.9 Å². The monoisotopic (exact) mass is 285 g/mol. The summed E-state index contributed by atoms with van der Waals surface area (Å²) in [6, 6.07) is 4.74. The molecular weight excluding hydrogens is 273 g/mol. The molecule has 1 amide bonds. The van der Waals surface area contributed by atoms with E-state index in [1.54, 1.807) is 30.9 Å². The number of benzene rings is 1. The Kier molecular flexibility index (Phi) is 3.39. The van der Waals surface area contributed by atoms with Crippen LogP contribution in [-0.4, -0.2) is 28.7 Å². The average molecular weight is 286 g/mol. The van der Waals surface area contributed by atoms with E-state index >= 15 is 0 Å². The minimum Gasteiger partial charge on any atom is -0.326 e. The number of likely N-dealkylation sites (tertiary alicyclic amines) is 1. The van der Waals surface area contributed by atoms with Crippen molar-refractivity contribution in [2.24, 2.45) is 0 Å². The van der Waals surface area contributed by atoms with Crippen molar-refractivity contribution in [3.05, 3.63) is 33.8 Å². The Morgan fingerprint density at radius 3 is 2.56 bits per heavy atom. The molecule has 1 aliphatic heterocycles. The van der Waals surface area contributed by atoms with E-state index in [0.717, 1.165) is 0 Å². The molecule has 0 unspecified atom stereocenters. The summed E-state index contributed by atoms with van der Waals surface area (Å²) in [6.07, 6.45) is 0.386. The quantitative estimate of drug-likeness (QED) is 0.795. The minimum absolute atomic E-state index is 0.0639. The van der Waals surface area contributed by atoms with Gasteiger partial charge in [0.2, 0.25) is 0 Å². The van der Waals surface area contributed by atoms with Crippen LogP contribution in [0.2, 0.25) is 10.0 Å². The number of Topliss-reactive ketones (excluding diaryl/α,β-unsaturated/α-hetero) is 1. The molecule has 1 aromatic carbocycles. The van der Waals surface area contributed by atoms with Gasteiger partial charge in [-0.3, -0.25) is 9.59 Å². The van der Waals surface area contributed by atoms with Crippen molar-refractivity contribution in [1.82, 2.24) is 4.90 Å². The number of carbonyl (C=O) groups excluding carboxylic acids is 2. The van der Waals surface area contributed by atoms with Gasteiger partial charge in [0.05, 0.1) is 16.1 Å². The Labute approximate surface area is 116 Å². The predicted molar refractivity (Wildman–Crippen MR) is 71.2 cm³/mol. The first-order valence-electron chi connectivity index (χ1n) is 5.64. The molecule has 0 aliphatic carbocycles. The fourth-order valence-electron chi connectivity index (χ4n) is 2.11. The van der Waals surface area contributed by atoms with Crippen molar-refractivity contribution in [3.8, 4) is 0 Å². The fourth-order valence-corrected chi connectivity index (χ4v) is 2.48. The van der Waals surface area contributed by atoms with Crippen LogP contribution in [0.25, 0.3) is 0 Å². The normalized spacial score (nSPS) is 18.2. The number of ketones is 1. The second-order valence-electron chi connectivity index (χ2n) is 4.81. The summed E-state index contributed by atoms with van der Waals surface area (Å²) in [7, 11) is 0. The van der Waals surface area contributed by atoms with Crippen LogP contribution in [-0.2, 0) is 4.79 Å². The largest absolute Gasteiger partial charge is 0.326 e. The molecule has 2 rings (SSSR count). The Morgan fingerprint density at radius 2 is 2.00 bits per heavy atom. The molecule has 1 fully saturated rings. The summed E-state index contributed by atoms with van der Waals surface area (Å²) in [4.78, 5) is 25.7. The lowest BCUT2D eigenvalue weighted by Gasteiger charge is -2.30. The van der Waals surface area contributed by atoms with Crippen LogP contribution in [0.15, 0.2) is 18.2 Å². The van der Waals surface area contributed by atoms with Crippen LogP contribution in [0, 0.1) is 0 Å². The minimum atomic E-state index is -0.775. The van der Waals surface area contributed by atoms with Gasteiger partial charge >= 0.3 is 0 Å². The van der Waals surface area contributed by atoms with Crippen molar-refractivity contribution in [2.75, 3.05) is 6.54 Å². The summed E-state index contributed by atoms with van der Waals surface area (Å²) >= 11 is 11.9. The Hall–Kier alpha value is -1.06. The Balaban J connectivity index is 2.38. The summed E-state index contributed by atoms with van der Waals surface area (Å²) in [5.74, 6) is -0.188. The van der Waals surface area contributed by atoms with E-state index in [1.165, 1.54) is 6.07 Å². The van der Waals surface area contributed by atoms with Gasteiger partial charge < -0.3 is 4.90 Å². The van der Waals surface area contributed by atoms with E-state index in [0.29, 0.717) is 28.6 Å². The maximum Gasteiger partial charge on any atom is 0.256 e. The van der Waals surface area contributed by atoms with Gasteiger partial charge in [-0.1, -0.05) is 23.2 Å². The first kappa shape index (κ1) is 13.4. The standard InChI is InChI=1S/C13H13Cl2NO2/c1-13(2)11(17)5-6-16(13)12(18)9-7-8(14)3-4-10(9)15/h3-4,7H,5-6H2,1-2H3. The highest BCUT2D eigenvalue weighted by molar-refractivity contribution is 6.35. The molecule has 1 aromatic rings. The SMILES string of the molecule is CC1(C)C(=O)CCN1C(=O)c1cc(Cl)ccc1Cl. The molecule has 0 radical (unpaired) electrons. The molecule has 18 heavy (non-hydrogen) atoms. The number of hydrogen-bond donors (Lipinski definition) is 0. The highest BCUT2D eigenvalue weighted by Crippen LogP contribution is 2.30. The molecule has 5 heteroatoms. The lowest BCUT2D eigenvalue weighted by molar-refractivity contribution is -0.123. The molecule has 0 atom stereocenters. The van der Waals surface area contributed by atoms with Gasteiger partial charge in [0.15, 0.2) is 5.78 Å². The second-order valence-corrected chi connectivity index (χ2v) is 5.66. The summed E-state index contributed by atoms with van der Waals surface area (Å²) in [5, 5.41) is 0.797. The van der Waals surface area contributed by atoms with E-state index in [-0.39, 0.29) is 11.7 Å². The zero-order valence-electron chi connectivity index (χ0n) is 10.2. The van der Waals surface area contributed by atoms with Gasteiger partial charge in [-0.25, -0.2) is 0 Å². The number of amides is 1. The van der Waals surface area contributed by atoms with E-state index in [1.807, 2.05) is 0 Å². The predicted octanol–water partition coefficient (Wildman–Crippen LogP) is 3.19. The smallest absolute Gasteiger partial charge is 0.256 e. The molecule has 96 valence electrons. The van der Waals surface area contributed by atoms with Crippen LogP contribution < -0.4 is 0 Å². The fraction of sp³-hybridized carbons (Fsp3) is 0.385. The first-order valence-corrected chi connectivity index (χ1v) is 6.40. The van der Waals surface area contributed by atoms with Gasteiger partial charge in [0, 0.05) is 18.0 Å². The maximum atomic E-state index is 12.4. The zero-order chi connectivity index (χ0) is 13.5. The number of carbonyl (C=O) groups is 2. The third kappa shape index (κ3) is 2.13. The van der Waals surface area contributed by atoms with Crippen molar-refractivity contribution in [3.63, 3.8) is 0 Å². The van der Waals surface area contributed by atoms with E-state index in [9.17, 15) is 9.59 Å². The number of rotatable bonds is 1. The van der Waals surface area contributed by atoms with Gasteiger partial charge in [-0.15, -0.1) is 0 Å². The third-order valence-corrected chi connectivity index (χ3v) is 3.89. The highest BCUT2D eigenvalue weighted by atomic mass is 35.5. The van der Waals surface area contributed by atoms with Gasteiger partial charge in [0.1, 0.15) is 0 Å². The molecule has 0 N–H and O–H groups in total. The Bertz CT molecular complexity index is 526. The lowest BCUT2D eigenvalue weighted by Crippen LogP contribution is -2.46.